The highest BCUT2D eigenvalue weighted by molar-refractivity contribution is 5.77. The van der Waals surface area contributed by atoms with Gasteiger partial charge in [0.05, 0.1) is 6.61 Å². The first-order valence-electron chi connectivity index (χ1n) is 8.32. The first kappa shape index (κ1) is 18.5. The molecule has 0 heterocycles. The molecular formula is C18H29NO3. The maximum atomic E-state index is 11.1. The third-order valence-electron chi connectivity index (χ3n) is 3.66. The Morgan fingerprint density at radius 2 is 1.77 bits per heavy atom. The molecule has 4 nitrogen and oxygen atoms in total. The molecule has 0 atom stereocenters. The van der Waals surface area contributed by atoms with Crippen molar-refractivity contribution in [3.63, 3.8) is 0 Å². The molecule has 0 amide bonds. The van der Waals surface area contributed by atoms with Crippen LogP contribution >= 0.6 is 0 Å². The van der Waals surface area contributed by atoms with Crippen LogP contribution in [-0.4, -0.2) is 36.0 Å². The number of phenols is 1. The quantitative estimate of drug-likeness (QED) is 0.628. The second-order valence-corrected chi connectivity index (χ2v) is 5.56. The number of unbranched alkanes of at least 4 members (excludes halogenated alkanes) is 2. The third-order valence-corrected chi connectivity index (χ3v) is 3.66. The van der Waals surface area contributed by atoms with E-state index in [1.165, 1.54) is 0 Å². The summed E-state index contributed by atoms with van der Waals surface area (Å²) in [6.45, 7) is 9.33. The summed E-state index contributed by atoms with van der Waals surface area (Å²) in [5.41, 5.74) is 1.31. The number of carbonyl (C=O) groups excluding carboxylic acids is 1. The summed E-state index contributed by atoms with van der Waals surface area (Å²) in [6.07, 6.45) is 5.36. The molecule has 0 spiro atoms. The van der Waals surface area contributed by atoms with Gasteiger partial charge in [0.2, 0.25) is 0 Å². The van der Waals surface area contributed by atoms with Gasteiger partial charge in [0.15, 0.2) is 11.5 Å². The number of carbonyl (C=O) groups is 1. The van der Waals surface area contributed by atoms with Gasteiger partial charge in [-0.3, -0.25) is 9.69 Å². The molecule has 1 rings (SSSR count). The van der Waals surface area contributed by atoms with Gasteiger partial charge in [0, 0.05) is 17.7 Å². The van der Waals surface area contributed by atoms with Crippen molar-refractivity contribution >= 4 is 6.29 Å². The van der Waals surface area contributed by atoms with Crippen molar-refractivity contribution in [3.8, 4) is 11.5 Å². The van der Waals surface area contributed by atoms with Crippen LogP contribution in [0, 0.1) is 0 Å². The Balaban J connectivity index is 2.95. The van der Waals surface area contributed by atoms with Gasteiger partial charge in [0.1, 0.15) is 6.29 Å². The van der Waals surface area contributed by atoms with E-state index in [1.807, 2.05) is 6.92 Å². The molecule has 0 aliphatic rings. The Kier molecular flexibility index (Phi) is 8.60. The van der Waals surface area contributed by atoms with Crippen LogP contribution in [0.5, 0.6) is 11.5 Å². The number of rotatable bonds is 11. The van der Waals surface area contributed by atoms with Gasteiger partial charge >= 0.3 is 0 Å². The maximum Gasteiger partial charge on any atom is 0.162 e. The highest BCUT2D eigenvalue weighted by Crippen LogP contribution is 2.32. The normalized spacial score (nSPS) is 10.9. The highest BCUT2D eigenvalue weighted by atomic mass is 16.5. The van der Waals surface area contributed by atoms with Gasteiger partial charge in [-0.15, -0.1) is 0 Å². The van der Waals surface area contributed by atoms with Gasteiger partial charge in [-0.2, -0.15) is 0 Å². The van der Waals surface area contributed by atoms with Crippen LogP contribution in [0.3, 0.4) is 0 Å². The van der Waals surface area contributed by atoms with E-state index in [-0.39, 0.29) is 5.75 Å². The fourth-order valence-electron chi connectivity index (χ4n) is 2.42. The molecule has 0 saturated heterocycles. The van der Waals surface area contributed by atoms with Crippen molar-refractivity contribution in [1.29, 1.82) is 0 Å². The molecule has 1 aromatic rings. The monoisotopic (exact) mass is 307 g/mol. The van der Waals surface area contributed by atoms with Crippen LogP contribution in [0.25, 0.3) is 0 Å². The molecule has 1 N–H and O–H groups in total. The van der Waals surface area contributed by atoms with Gasteiger partial charge in [-0.25, -0.2) is 0 Å². The second kappa shape index (κ2) is 10.2. The molecule has 0 aromatic heterocycles. The average molecular weight is 307 g/mol. The predicted octanol–water partition coefficient (Wildman–Crippen LogP) is 4.01. The Hall–Kier alpha value is -1.55. The van der Waals surface area contributed by atoms with E-state index in [0.717, 1.165) is 50.6 Å². The first-order valence-corrected chi connectivity index (χ1v) is 8.32. The van der Waals surface area contributed by atoms with Crippen LogP contribution in [0.2, 0.25) is 0 Å². The van der Waals surface area contributed by atoms with Crippen molar-refractivity contribution < 1.29 is 14.6 Å². The molecule has 124 valence electrons. The summed E-state index contributed by atoms with van der Waals surface area (Å²) in [6, 6.07) is 3.35. The molecule has 0 aliphatic heterocycles. The van der Waals surface area contributed by atoms with Gasteiger partial charge in [-0.1, -0.05) is 26.7 Å². The Labute approximate surface area is 134 Å². The fraction of sp³-hybridized carbons (Fsp3) is 0.611. The number of hydrogen-bond donors (Lipinski definition) is 1. The average Bonchev–Trinajstić information content (AvgIpc) is 2.53. The molecule has 0 bridgehead atoms. The minimum Gasteiger partial charge on any atom is -0.504 e. The fourth-order valence-corrected chi connectivity index (χ4v) is 2.42. The molecule has 0 radical (unpaired) electrons. The lowest BCUT2D eigenvalue weighted by molar-refractivity contribution is 0.112. The van der Waals surface area contributed by atoms with E-state index in [2.05, 4.69) is 18.7 Å². The number of aldehydes is 1. The summed E-state index contributed by atoms with van der Waals surface area (Å²) in [5, 5.41) is 10.4. The predicted molar refractivity (Wildman–Crippen MR) is 89.8 cm³/mol. The Bertz CT molecular complexity index is 452. The smallest absolute Gasteiger partial charge is 0.162 e. The van der Waals surface area contributed by atoms with Crippen LogP contribution in [0.4, 0.5) is 0 Å². The molecule has 4 heteroatoms. The summed E-state index contributed by atoms with van der Waals surface area (Å²) in [5.74, 6) is 0.554. The number of hydrogen-bond acceptors (Lipinski definition) is 4. The highest BCUT2D eigenvalue weighted by Gasteiger charge is 2.14. The molecular weight excluding hydrogens is 278 g/mol. The van der Waals surface area contributed by atoms with Gasteiger partial charge in [0.25, 0.3) is 0 Å². The minimum absolute atomic E-state index is 0.158. The van der Waals surface area contributed by atoms with Crippen LogP contribution in [-0.2, 0) is 6.54 Å². The van der Waals surface area contributed by atoms with Crippen LogP contribution in [0.1, 0.15) is 62.4 Å². The topological polar surface area (TPSA) is 49.8 Å². The van der Waals surface area contributed by atoms with Gasteiger partial charge < -0.3 is 9.84 Å². The van der Waals surface area contributed by atoms with E-state index in [0.29, 0.717) is 24.5 Å². The number of aromatic hydroxyl groups is 1. The number of benzene rings is 1. The Morgan fingerprint density at radius 3 is 2.27 bits per heavy atom. The van der Waals surface area contributed by atoms with E-state index in [4.69, 9.17) is 4.74 Å². The zero-order valence-electron chi connectivity index (χ0n) is 14.1. The lowest BCUT2D eigenvalue weighted by atomic mass is 10.1. The van der Waals surface area contributed by atoms with Crippen molar-refractivity contribution in [3.05, 3.63) is 23.3 Å². The first-order chi connectivity index (χ1) is 10.7. The standard InChI is InChI=1S/C18H29NO3/c1-4-7-9-19(10-8-5-2)13-16-11-15(14-20)12-17(18(16)21)22-6-3/h11-12,14,21H,4-10,13H2,1-3H3. The van der Waals surface area contributed by atoms with E-state index < -0.39 is 0 Å². The van der Waals surface area contributed by atoms with Crippen molar-refractivity contribution in [2.24, 2.45) is 0 Å². The molecule has 0 fully saturated rings. The summed E-state index contributed by atoms with van der Waals surface area (Å²) in [4.78, 5) is 13.4. The van der Waals surface area contributed by atoms with Crippen molar-refractivity contribution in [1.82, 2.24) is 4.90 Å². The van der Waals surface area contributed by atoms with E-state index >= 15 is 0 Å². The number of nitrogens with zero attached hydrogens (tertiary/aromatic N) is 1. The number of ether oxygens (including phenoxy) is 1. The second-order valence-electron chi connectivity index (χ2n) is 5.56. The molecule has 22 heavy (non-hydrogen) atoms. The lowest BCUT2D eigenvalue weighted by Crippen LogP contribution is -2.25. The van der Waals surface area contributed by atoms with E-state index in [9.17, 15) is 9.90 Å². The number of phenolic OH excluding ortho intramolecular Hbond substituents is 1. The molecule has 0 aliphatic carbocycles. The van der Waals surface area contributed by atoms with Crippen molar-refractivity contribution in [2.45, 2.75) is 53.0 Å². The third kappa shape index (κ3) is 5.68. The minimum atomic E-state index is 0.158. The van der Waals surface area contributed by atoms with Gasteiger partial charge in [-0.05, 0) is 45.0 Å². The molecule has 0 unspecified atom stereocenters. The Morgan fingerprint density at radius 1 is 1.14 bits per heavy atom. The lowest BCUT2D eigenvalue weighted by Gasteiger charge is -2.23. The zero-order valence-corrected chi connectivity index (χ0v) is 14.1. The summed E-state index contributed by atoms with van der Waals surface area (Å²) in [7, 11) is 0. The van der Waals surface area contributed by atoms with Crippen LogP contribution in [0.15, 0.2) is 12.1 Å². The van der Waals surface area contributed by atoms with Crippen molar-refractivity contribution in [2.75, 3.05) is 19.7 Å². The van der Waals surface area contributed by atoms with E-state index in [1.54, 1.807) is 12.1 Å². The summed E-state index contributed by atoms with van der Waals surface area (Å²) >= 11 is 0. The largest absolute Gasteiger partial charge is 0.504 e. The van der Waals surface area contributed by atoms with Crippen LogP contribution < -0.4 is 4.74 Å². The molecule has 1 aromatic carbocycles. The maximum absolute atomic E-state index is 11.1. The SMILES string of the molecule is CCCCN(CCCC)Cc1cc(C=O)cc(OCC)c1O. The molecule has 0 saturated carbocycles. The zero-order chi connectivity index (χ0) is 16.4. The summed E-state index contributed by atoms with van der Waals surface area (Å²) < 4.78 is 5.44.